The molecule has 3 aromatic rings. The highest BCUT2D eigenvalue weighted by Gasteiger charge is 2.28. The number of carbonyl (C=O) groups excluding carboxylic acids is 2. The number of carbonyl (C=O) groups is 2. The number of anilines is 1. The van der Waals surface area contributed by atoms with Crippen LogP contribution in [0.2, 0.25) is 0 Å². The molecule has 0 aliphatic carbocycles. The van der Waals surface area contributed by atoms with Crippen LogP contribution in [0.25, 0.3) is 0 Å². The molecule has 0 aliphatic heterocycles. The number of rotatable bonds is 11. The molecule has 0 heterocycles. The zero-order chi connectivity index (χ0) is 27.0. The topological polar surface area (TPSA) is 140 Å². The maximum absolute atomic E-state index is 13.5. The van der Waals surface area contributed by atoms with Gasteiger partial charge >= 0.3 is 0 Å². The zero-order valence-electron chi connectivity index (χ0n) is 20.0. The molecule has 0 radical (unpaired) electrons. The quantitative estimate of drug-likeness (QED) is 0.260. The number of nitrogens with zero attached hydrogens (tertiary/aromatic N) is 2. The van der Waals surface area contributed by atoms with Crippen LogP contribution in [0, 0.1) is 6.92 Å². The fourth-order valence-corrected chi connectivity index (χ4v) is 5.25. The van der Waals surface area contributed by atoms with Crippen LogP contribution in [-0.4, -0.2) is 46.7 Å². The van der Waals surface area contributed by atoms with Crippen LogP contribution in [0.5, 0.6) is 11.5 Å². The van der Waals surface area contributed by atoms with Gasteiger partial charge in [-0.15, -0.1) is 0 Å². The fourth-order valence-electron chi connectivity index (χ4n) is 3.11. The Balaban J connectivity index is 1.76. The van der Waals surface area contributed by atoms with Gasteiger partial charge in [0, 0.05) is 0 Å². The van der Waals surface area contributed by atoms with Crippen molar-refractivity contribution in [1.29, 1.82) is 0 Å². The van der Waals surface area contributed by atoms with E-state index >= 15 is 0 Å². The van der Waals surface area contributed by atoms with Crippen molar-refractivity contribution in [3.05, 3.63) is 82.3 Å². The lowest BCUT2D eigenvalue weighted by molar-refractivity contribution is -0.120. The Morgan fingerprint density at radius 1 is 1.08 bits per heavy atom. The largest absolute Gasteiger partial charge is 0.496 e. The first-order chi connectivity index (χ1) is 17.6. The van der Waals surface area contributed by atoms with Gasteiger partial charge in [0.15, 0.2) is 6.61 Å². The SMILES string of the molecule is COc1ccc(S(=O)(=O)N(CC(=O)N/N=C\c2ccc(OCC(N)=O)cc2)c2ccc(C)cc2)cc1Br. The summed E-state index contributed by atoms with van der Waals surface area (Å²) in [7, 11) is -2.64. The zero-order valence-corrected chi connectivity index (χ0v) is 22.5. The van der Waals surface area contributed by atoms with Crippen molar-refractivity contribution in [2.45, 2.75) is 11.8 Å². The molecule has 3 aromatic carbocycles. The highest BCUT2D eigenvalue weighted by molar-refractivity contribution is 9.10. The number of halogens is 1. The summed E-state index contributed by atoms with van der Waals surface area (Å²) >= 11 is 3.31. The molecule has 37 heavy (non-hydrogen) atoms. The van der Waals surface area contributed by atoms with Crippen LogP contribution in [0.15, 0.2) is 81.2 Å². The summed E-state index contributed by atoms with van der Waals surface area (Å²) in [4.78, 5) is 23.5. The highest BCUT2D eigenvalue weighted by atomic mass is 79.9. The first-order valence-corrected chi connectivity index (χ1v) is 13.1. The number of hydrogen-bond donors (Lipinski definition) is 2. The van der Waals surface area contributed by atoms with E-state index in [2.05, 4.69) is 26.5 Å². The number of primary amides is 1. The van der Waals surface area contributed by atoms with Gasteiger partial charge < -0.3 is 15.2 Å². The number of hydrazone groups is 1. The molecule has 0 fully saturated rings. The summed E-state index contributed by atoms with van der Waals surface area (Å²) in [5.74, 6) is -0.312. The van der Waals surface area contributed by atoms with Crippen LogP contribution in [0.3, 0.4) is 0 Å². The van der Waals surface area contributed by atoms with E-state index in [9.17, 15) is 18.0 Å². The summed E-state index contributed by atoms with van der Waals surface area (Å²) in [6, 6.07) is 17.7. The Hall–Kier alpha value is -3.90. The number of aryl methyl sites for hydroxylation is 1. The van der Waals surface area contributed by atoms with E-state index in [0.717, 1.165) is 9.87 Å². The third-order valence-corrected chi connectivity index (χ3v) is 7.37. The van der Waals surface area contributed by atoms with Crippen LogP contribution in [-0.2, 0) is 19.6 Å². The van der Waals surface area contributed by atoms with Crippen molar-refractivity contribution < 1.29 is 27.5 Å². The lowest BCUT2D eigenvalue weighted by Crippen LogP contribution is -2.39. The van der Waals surface area contributed by atoms with E-state index in [-0.39, 0.29) is 11.5 Å². The third kappa shape index (κ3) is 7.54. The number of benzene rings is 3. The average Bonchev–Trinajstić information content (AvgIpc) is 2.87. The van der Waals surface area contributed by atoms with Crippen LogP contribution in [0.4, 0.5) is 5.69 Å². The van der Waals surface area contributed by atoms with E-state index in [1.807, 2.05) is 6.92 Å². The summed E-state index contributed by atoms with van der Waals surface area (Å²) < 4.78 is 38.9. The van der Waals surface area contributed by atoms with Crippen molar-refractivity contribution >= 4 is 49.7 Å². The molecule has 194 valence electrons. The Labute approximate surface area is 223 Å². The van der Waals surface area contributed by atoms with Gasteiger partial charge in [0.2, 0.25) is 0 Å². The molecular formula is C25H25BrN4O6S. The molecule has 0 atom stereocenters. The maximum atomic E-state index is 13.5. The van der Waals surface area contributed by atoms with E-state index in [1.54, 1.807) is 48.5 Å². The number of sulfonamides is 1. The van der Waals surface area contributed by atoms with Gasteiger partial charge in [0.25, 0.3) is 21.8 Å². The molecule has 12 heteroatoms. The van der Waals surface area contributed by atoms with Crippen LogP contribution in [0.1, 0.15) is 11.1 Å². The van der Waals surface area contributed by atoms with Gasteiger partial charge in [0.05, 0.1) is 28.4 Å². The highest BCUT2D eigenvalue weighted by Crippen LogP contribution is 2.30. The standard InChI is InChI=1S/C25H25BrN4O6S/c1-17-3-7-19(8-4-17)30(37(33,34)21-11-12-23(35-2)22(26)13-21)15-25(32)29-28-14-18-5-9-20(10-6-18)36-16-24(27)31/h3-14H,15-16H2,1-2H3,(H2,27,31)(H,29,32)/b28-14-. The first-order valence-electron chi connectivity index (χ1n) is 10.9. The summed E-state index contributed by atoms with van der Waals surface area (Å²) in [5, 5.41) is 3.91. The second-order valence-electron chi connectivity index (χ2n) is 7.76. The van der Waals surface area contributed by atoms with E-state index < -0.39 is 28.4 Å². The fraction of sp³-hybridized carbons (Fsp3) is 0.160. The second-order valence-corrected chi connectivity index (χ2v) is 10.5. The first kappa shape index (κ1) is 27.7. The molecule has 0 aliphatic rings. The molecule has 0 unspecified atom stereocenters. The van der Waals surface area contributed by atoms with Gasteiger partial charge in [-0.2, -0.15) is 5.10 Å². The molecule has 3 N–H and O–H groups in total. The molecule has 10 nitrogen and oxygen atoms in total. The molecule has 0 bridgehead atoms. The van der Waals surface area contributed by atoms with Crippen LogP contribution < -0.4 is 24.9 Å². The average molecular weight is 589 g/mol. The predicted octanol–water partition coefficient (Wildman–Crippen LogP) is 2.98. The number of hydrogen-bond acceptors (Lipinski definition) is 7. The normalized spacial score (nSPS) is 11.2. The Morgan fingerprint density at radius 3 is 2.35 bits per heavy atom. The summed E-state index contributed by atoms with van der Waals surface area (Å²) in [6.45, 7) is 1.13. The Kier molecular flexibility index (Phi) is 9.25. The molecule has 0 saturated carbocycles. The second kappa shape index (κ2) is 12.4. The smallest absolute Gasteiger partial charge is 0.264 e. The molecule has 0 saturated heterocycles. The summed E-state index contributed by atoms with van der Waals surface area (Å²) in [5.41, 5.74) is 9.30. The van der Waals surface area contributed by atoms with Crippen LogP contribution >= 0.6 is 15.9 Å². The van der Waals surface area contributed by atoms with Crippen molar-refractivity contribution in [3.63, 3.8) is 0 Å². The molecule has 0 aromatic heterocycles. The Bertz CT molecular complexity index is 1390. The number of ether oxygens (including phenoxy) is 2. The van der Waals surface area contributed by atoms with Gasteiger partial charge in [-0.3, -0.25) is 13.9 Å². The number of nitrogens with two attached hydrogens (primary N) is 1. The monoisotopic (exact) mass is 588 g/mol. The lowest BCUT2D eigenvalue weighted by atomic mass is 10.2. The minimum Gasteiger partial charge on any atom is -0.496 e. The number of nitrogens with one attached hydrogen (secondary N) is 1. The van der Waals surface area contributed by atoms with Gasteiger partial charge in [-0.1, -0.05) is 17.7 Å². The van der Waals surface area contributed by atoms with Gasteiger partial charge in [-0.25, -0.2) is 13.8 Å². The molecular weight excluding hydrogens is 564 g/mol. The van der Waals surface area contributed by atoms with E-state index in [1.165, 1.54) is 31.5 Å². The Morgan fingerprint density at radius 2 is 1.76 bits per heavy atom. The number of amides is 2. The minimum atomic E-state index is -4.11. The molecule has 0 spiro atoms. The van der Waals surface area contributed by atoms with Crippen molar-refractivity contribution in [3.8, 4) is 11.5 Å². The van der Waals surface area contributed by atoms with Crippen molar-refractivity contribution in [1.82, 2.24) is 5.43 Å². The van der Waals surface area contributed by atoms with Gasteiger partial charge in [-0.05, 0) is 83.0 Å². The van der Waals surface area contributed by atoms with Gasteiger partial charge in [0.1, 0.15) is 18.0 Å². The molecule has 2 amide bonds. The van der Waals surface area contributed by atoms with Crippen molar-refractivity contribution in [2.24, 2.45) is 10.8 Å². The lowest BCUT2D eigenvalue weighted by Gasteiger charge is -2.24. The molecule has 3 rings (SSSR count). The van der Waals surface area contributed by atoms with E-state index in [0.29, 0.717) is 27.2 Å². The van der Waals surface area contributed by atoms with Crippen molar-refractivity contribution in [2.75, 3.05) is 24.6 Å². The summed E-state index contributed by atoms with van der Waals surface area (Å²) in [6.07, 6.45) is 1.39. The van der Waals surface area contributed by atoms with E-state index in [4.69, 9.17) is 15.2 Å². The predicted molar refractivity (Wildman–Crippen MR) is 143 cm³/mol. The maximum Gasteiger partial charge on any atom is 0.264 e. The number of methoxy groups -OCH3 is 1. The minimum absolute atomic E-state index is 0.0179. The third-order valence-electron chi connectivity index (χ3n) is 4.98.